The van der Waals surface area contributed by atoms with Crippen LogP contribution in [0.25, 0.3) is 0 Å². The molecule has 0 spiro atoms. The van der Waals surface area contributed by atoms with Gasteiger partial charge in [0, 0.05) is 0 Å². The van der Waals surface area contributed by atoms with E-state index in [1.807, 2.05) is 13.8 Å². The van der Waals surface area contributed by atoms with Crippen LogP contribution in [0.2, 0.25) is 0 Å². The maximum absolute atomic E-state index is 11.3. The van der Waals surface area contributed by atoms with Crippen molar-refractivity contribution in [3.63, 3.8) is 0 Å². The summed E-state index contributed by atoms with van der Waals surface area (Å²) in [5, 5.41) is 18.1. The van der Waals surface area contributed by atoms with Crippen LogP contribution in [0.5, 0.6) is 0 Å². The third kappa shape index (κ3) is 6.86. The third-order valence-electron chi connectivity index (χ3n) is 3.08. The van der Waals surface area contributed by atoms with Crippen LogP contribution in [0.4, 0.5) is 0 Å². The average Bonchev–Trinajstić information content (AvgIpc) is 2.36. The second-order valence-electron chi connectivity index (χ2n) is 4.91. The van der Waals surface area contributed by atoms with Gasteiger partial charge in [0.25, 0.3) is 0 Å². The molecule has 0 amide bonds. The Labute approximate surface area is 120 Å². The molecule has 0 aliphatic rings. The lowest BCUT2D eigenvalue weighted by Gasteiger charge is -2.34. The van der Waals surface area contributed by atoms with Crippen LogP contribution in [0, 0.1) is 5.92 Å². The predicted octanol–water partition coefficient (Wildman–Crippen LogP) is 2.51. The third-order valence-corrected chi connectivity index (χ3v) is 3.08. The Morgan fingerprint density at radius 1 is 1.05 bits per heavy atom. The summed E-state index contributed by atoms with van der Waals surface area (Å²) in [6.07, 6.45) is 2.83. The van der Waals surface area contributed by atoms with Crippen molar-refractivity contribution in [1.29, 1.82) is 0 Å². The van der Waals surface area contributed by atoms with Crippen molar-refractivity contribution in [2.45, 2.75) is 58.7 Å². The first-order valence-electron chi connectivity index (χ1n) is 7.09. The fourth-order valence-corrected chi connectivity index (χ4v) is 1.75. The van der Waals surface area contributed by atoms with Crippen LogP contribution in [0.3, 0.4) is 0 Å². The molecule has 0 aliphatic heterocycles. The molecule has 0 aromatic rings. The minimum atomic E-state index is -1.41. The van der Waals surface area contributed by atoms with Gasteiger partial charge in [-0.05, 0) is 19.8 Å². The highest BCUT2D eigenvalue weighted by atomic mass is 16.7. The minimum Gasteiger partial charge on any atom is -0.481 e. The fraction of sp³-hybridized carbons (Fsp3) is 0.857. The minimum absolute atomic E-state index is 0.350. The van der Waals surface area contributed by atoms with Crippen LogP contribution in [-0.4, -0.2) is 41.2 Å². The highest BCUT2D eigenvalue weighted by Crippen LogP contribution is 2.28. The van der Waals surface area contributed by atoms with Gasteiger partial charge in [0.1, 0.15) is 5.92 Å². The SMILES string of the molecule is CCCCOC(C)(OCCCC)C(CC(=O)O)C(=O)O. The lowest BCUT2D eigenvalue weighted by Crippen LogP contribution is -2.46. The summed E-state index contributed by atoms with van der Waals surface area (Å²) in [6.45, 7) is 6.19. The Morgan fingerprint density at radius 2 is 1.50 bits per heavy atom. The normalized spacial score (nSPS) is 13.2. The van der Waals surface area contributed by atoms with E-state index in [9.17, 15) is 14.7 Å². The number of carboxylic acids is 2. The molecule has 0 aliphatic carbocycles. The van der Waals surface area contributed by atoms with Crippen molar-refractivity contribution in [2.24, 2.45) is 5.92 Å². The quantitative estimate of drug-likeness (QED) is 0.424. The van der Waals surface area contributed by atoms with Gasteiger partial charge in [-0.1, -0.05) is 26.7 Å². The zero-order valence-electron chi connectivity index (χ0n) is 12.6. The Balaban J connectivity index is 4.90. The monoisotopic (exact) mass is 290 g/mol. The first-order valence-corrected chi connectivity index (χ1v) is 7.09. The summed E-state index contributed by atoms with van der Waals surface area (Å²) in [7, 11) is 0. The van der Waals surface area contributed by atoms with E-state index in [0.717, 1.165) is 25.7 Å². The summed E-state index contributed by atoms with van der Waals surface area (Å²) >= 11 is 0. The van der Waals surface area contributed by atoms with Gasteiger partial charge in [-0.2, -0.15) is 0 Å². The molecular formula is C14H26O6. The molecule has 20 heavy (non-hydrogen) atoms. The van der Waals surface area contributed by atoms with E-state index in [1.54, 1.807) is 0 Å². The molecule has 118 valence electrons. The van der Waals surface area contributed by atoms with E-state index in [-0.39, 0.29) is 0 Å². The number of hydrogen-bond acceptors (Lipinski definition) is 4. The molecule has 0 aromatic heterocycles. The lowest BCUT2D eigenvalue weighted by molar-refractivity contribution is -0.258. The van der Waals surface area contributed by atoms with Gasteiger partial charge in [-0.3, -0.25) is 9.59 Å². The number of hydrogen-bond donors (Lipinski definition) is 2. The van der Waals surface area contributed by atoms with E-state index >= 15 is 0 Å². The molecule has 6 heteroatoms. The highest BCUT2D eigenvalue weighted by Gasteiger charge is 2.42. The predicted molar refractivity (Wildman–Crippen MR) is 73.5 cm³/mol. The first kappa shape index (κ1) is 18.9. The van der Waals surface area contributed by atoms with Crippen LogP contribution in [0.15, 0.2) is 0 Å². The van der Waals surface area contributed by atoms with Crippen LogP contribution in [0.1, 0.15) is 52.9 Å². The molecule has 0 radical (unpaired) electrons. The summed E-state index contributed by atoms with van der Waals surface area (Å²) in [4.78, 5) is 22.2. The Bertz CT molecular complexity index is 292. The van der Waals surface area contributed by atoms with Gasteiger partial charge in [0.05, 0.1) is 19.6 Å². The molecular weight excluding hydrogens is 264 g/mol. The van der Waals surface area contributed by atoms with Gasteiger partial charge < -0.3 is 19.7 Å². The largest absolute Gasteiger partial charge is 0.481 e. The number of carbonyl (C=O) groups is 2. The molecule has 0 fully saturated rings. The summed E-state index contributed by atoms with van der Waals surface area (Å²) in [5.41, 5.74) is 0. The zero-order chi connectivity index (χ0) is 15.6. The van der Waals surface area contributed by atoms with Crippen molar-refractivity contribution >= 4 is 11.9 Å². The molecule has 6 nitrogen and oxygen atoms in total. The van der Waals surface area contributed by atoms with Gasteiger partial charge >= 0.3 is 11.9 Å². The van der Waals surface area contributed by atoms with Crippen molar-refractivity contribution in [3.8, 4) is 0 Å². The molecule has 1 atom stereocenters. The second kappa shape index (κ2) is 9.72. The summed E-state index contributed by atoms with van der Waals surface area (Å²) in [6, 6.07) is 0. The smallest absolute Gasteiger partial charge is 0.312 e. The van der Waals surface area contributed by atoms with Gasteiger partial charge in [0.2, 0.25) is 0 Å². The van der Waals surface area contributed by atoms with Crippen LogP contribution >= 0.6 is 0 Å². The molecule has 0 aromatic carbocycles. The van der Waals surface area contributed by atoms with Gasteiger partial charge in [-0.15, -0.1) is 0 Å². The Kier molecular flexibility index (Phi) is 9.16. The maximum Gasteiger partial charge on any atom is 0.312 e. The van der Waals surface area contributed by atoms with E-state index in [0.29, 0.717) is 13.2 Å². The molecule has 0 rings (SSSR count). The number of carboxylic acid groups (broad SMARTS) is 2. The van der Waals surface area contributed by atoms with Crippen molar-refractivity contribution in [1.82, 2.24) is 0 Å². The Hall–Kier alpha value is -1.14. The van der Waals surface area contributed by atoms with Crippen LogP contribution in [-0.2, 0) is 19.1 Å². The molecule has 1 unspecified atom stereocenters. The number of unbranched alkanes of at least 4 members (excludes halogenated alkanes) is 2. The average molecular weight is 290 g/mol. The topological polar surface area (TPSA) is 93.1 Å². The van der Waals surface area contributed by atoms with E-state index in [1.165, 1.54) is 6.92 Å². The summed E-state index contributed by atoms with van der Waals surface area (Å²) < 4.78 is 11.1. The number of ether oxygens (including phenoxy) is 2. The van der Waals surface area contributed by atoms with Crippen molar-refractivity contribution in [2.75, 3.05) is 13.2 Å². The lowest BCUT2D eigenvalue weighted by atomic mass is 9.96. The van der Waals surface area contributed by atoms with E-state index in [2.05, 4.69) is 0 Å². The summed E-state index contributed by atoms with van der Waals surface area (Å²) in [5.74, 6) is -5.03. The molecule has 0 heterocycles. The molecule has 0 saturated carbocycles. The Morgan fingerprint density at radius 3 is 1.80 bits per heavy atom. The van der Waals surface area contributed by atoms with Gasteiger partial charge in [-0.25, -0.2) is 0 Å². The molecule has 0 saturated heterocycles. The van der Waals surface area contributed by atoms with Gasteiger partial charge in [0.15, 0.2) is 5.79 Å². The maximum atomic E-state index is 11.3. The van der Waals surface area contributed by atoms with Crippen molar-refractivity contribution < 1.29 is 29.3 Å². The number of rotatable bonds is 12. The van der Waals surface area contributed by atoms with Crippen LogP contribution < -0.4 is 0 Å². The van der Waals surface area contributed by atoms with E-state index in [4.69, 9.17) is 14.6 Å². The molecule has 0 bridgehead atoms. The number of aliphatic carboxylic acids is 2. The fourth-order valence-electron chi connectivity index (χ4n) is 1.75. The zero-order valence-corrected chi connectivity index (χ0v) is 12.6. The first-order chi connectivity index (χ1) is 9.37. The standard InChI is InChI=1S/C14H26O6/c1-4-6-8-19-14(3,20-9-7-5-2)11(13(17)18)10-12(15)16/h11H,4-10H2,1-3H3,(H,15,16)(H,17,18). The second-order valence-corrected chi connectivity index (χ2v) is 4.91. The highest BCUT2D eigenvalue weighted by molar-refractivity contribution is 5.78. The van der Waals surface area contributed by atoms with E-state index < -0.39 is 30.1 Å². The van der Waals surface area contributed by atoms with Crippen molar-refractivity contribution in [3.05, 3.63) is 0 Å². The molecule has 2 N–H and O–H groups in total.